The Kier molecular flexibility index (Phi) is 15.3. The molecule has 0 amide bonds. The number of hydrogen-bond donors (Lipinski definition) is 12. The Morgan fingerprint density at radius 2 is 0.865 bits per heavy atom. The Bertz CT molecular complexity index is 3450. The summed E-state index contributed by atoms with van der Waals surface area (Å²) in [6.45, 7) is 0. The lowest BCUT2D eigenvalue weighted by molar-refractivity contribution is -0.138. The number of carboxylic acids is 4. The van der Waals surface area contributed by atoms with Gasteiger partial charge in [-0.15, -0.1) is 20.5 Å². The van der Waals surface area contributed by atoms with Crippen molar-refractivity contribution >= 4 is 125 Å². The summed E-state index contributed by atoms with van der Waals surface area (Å²) in [6.07, 6.45) is 0. The maximum atomic E-state index is 12.7. The van der Waals surface area contributed by atoms with E-state index in [0.717, 1.165) is 21.6 Å². The first-order chi connectivity index (χ1) is 35.6. The summed E-state index contributed by atoms with van der Waals surface area (Å²) in [5, 5.41) is 90.4. The molecule has 0 radical (unpaired) electrons. The number of H-pyrrole nitrogens is 2. The summed E-state index contributed by atoms with van der Waals surface area (Å²) in [6, 6.07) is 25.0. The van der Waals surface area contributed by atoms with Gasteiger partial charge < -0.3 is 51.9 Å². The van der Waals surface area contributed by atoms with E-state index in [-0.39, 0.29) is 103 Å². The summed E-state index contributed by atoms with van der Waals surface area (Å²) < 4.78 is 0. The molecule has 0 spiro atoms. The van der Waals surface area contributed by atoms with Crippen molar-refractivity contribution in [2.45, 2.75) is 12.1 Å². The number of phenolic OH excluding ortho intramolecular Hbond substituents is 2. The predicted octanol–water partition coefficient (Wildman–Crippen LogP) is 7.89. The van der Waals surface area contributed by atoms with E-state index in [9.17, 15) is 59.4 Å². The third-order valence-corrected chi connectivity index (χ3v) is 12.8. The first kappa shape index (κ1) is 50.4. The number of benzene rings is 6. The third kappa shape index (κ3) is 12.0. The number of phenols is 2. The van der Waals surface area contributed by atoms with Crippen LogP contribution in [0.15, 0.2) is 139 Å². The molecule has 0 saturated carbocycles. The Hall–Kier alpha value is -9.96. The van der Waals surface area contributed by atoms with Crippen molar-refractivity contribution < 1.29 is 49.8 Å². The minimum absolute atomic E-state index is 0.0100. The largest absolute Gasteiger partial charge is 0.505 e. The smallest absolute Gasteiger partial charge is 0.373 e. The first-order valence-electron chi connectivity index (χ1n) is 21.3. The third-order valence-electron chi connectivity index (χ3n) is 10.4. The van der Waals surface area contributed by atoms with E-state index >= 15 is 0 Å². The molecule has 374 valence electrons. The molecular weight excluding hydrogens is 1000 g/mol. The number of anilines is 6. The van der Waals surface area contributed by atoms with Crippen LogP contribution in [-0.4, -0.2) is 108 Å². The SMILES string of the molecule is O=C(O)c1ccccc1/N=N/c1ccc2cccc(Nc3nc(=O)nc(NC(CSSCC(Nc4nc(=O)nc(Nc5cccc6ccc(/N=N/c7ccccc7C(=O)O)c(O)c56)[nH]4)C(=O)O)C(=O)O)[nH]3)c2c1O. The van der Waals surface area contributed by atoms with Crippen LogP contribution >= 0.6 is 21.6 Å². The molecule has 8 aromatic rings. The van der Waals surface area contributed by atoms with Gasteiger partial charge in [0.25, 0.3) is 0 Å². The summed E-state index contributed by atoms with van der Waals surface area (Å²) >= 11 is 0. The number of nitrogens with one attached hydrogen (secondary N) is 6. The highest BCUT2D eigenvalue weighted by Crippen LogP contribution is 2.42. The Labute approximate surface area is 421 Å². The summed E-state index contributed by atoms with van der Waals surface area (Å²) in [5.41, 5.74) is -1.69. The Morgan fingerprint density at radius 3 is 1.26 bits per heavy atom. The summed E-state index contributed by atoms with van der Waals surface area (Å²) in [7, 11) is 1.93. The molecule has 8 rings (SSSR count). The van der Waals surface area contributed by atoms with Crippen LogP contribution in [0.2, 0.25) is 0 Å². The van der Waals surface area contributed by atoms with E-state index in [1.165, 1.54) is 48.5 Å². The van der Waals surface area contributed by atoms with Crippen LogP contribution in [0.1, 0.15) is 20.7 Å². The summed E-state index contributed by atoms with van der Waals surface area (Å²) in [4.78, 5) is 93.9. The number of nitrogens with zero attached hydrogens (tertiary/aromatic N) is 8. The van der Waals surface area contributed by atoms with Crippen molar-refractivity contribution in [3.63, 3.8) is 0 Å². The molecule has 0 fully saturated rings. The van der Waals surface area contributed by atoms with E-state index in [1.807, 2.05) is 0 Å². The molecule has 0 bridgehead atoms. The Balaban J connectivity index is 0.914. The van der Waals surface area contributed by atoms with Crippen LogP contribution < -0.4 is 32.6 Å². The lowest BCUT2D eigenvalue weighted by Gasteiger charge is -2.17. The number of aromatic nitrogens is 6. The number of carboxylic acid groups (broad SMARTS) is 4. The monoisotopic (exact) mass is 1040 g/mol. The zero-order valence-electron chi connectivity index (χ0n) is 37.5. The zero-order valence-corrected chi connectivity index (χ0v) is 39.1. The molecule has 0 saturated heterocycles. The molecule has 0 aliphatic rings. The topological polar surface area (TPSA) is 405 Å². The van der Waals surface area contributed by atoms with Crippen LogP contribution in [0.3, 0.4) is 0 Å². The molecule has 12 N–H and O–H groups in total. The number of hydrogen-bond acceptors (Lipinski definition) is 22. The standard InChI is InChI=1S/C46H36N14O12S2/c61-35-29(59-57-25-11-3-1-9-23(25)37(63)64)17-15-21-7-5-13-27(33(21)35)47-41-51-43(55-45(71)53-41)49-31(39(67)68)19-73-74-20-32(40(69)70)50-44-52-42(54-46(72)56-44)48-28-14-6-8-22-16-18-30(36(62)34(22)28)60-58-26-12-4-2-10-24(26)38(65)66/h1-18,31-32,61-62H,19-20H2,(H,63,64)(H,65,66)(H,67,68)(H,69,70)(H3,47,49,51,53,55,71)(H3,48,50,52,54,56,72)/b59-57+,60-58+. The molecule has 26 nitrogen and oxygen atoms in total. The van der Waals surface area contributed by atoms with Crippen molar-refractivity contribution in [2.75, 3.05) is 32.8 Å². The molecule has 0 aliphatic carbocycles. The molecule has 2 aromatic heterocycles. The summed E-state index contributed by atoms with van der Waals surface area (Å²) in [5.74, 6) is -7.21. The highest BCUT2D eigenvalue weighted by Gasteiger charge is 2.23. The van der Waals surface area contributed by atoms with Crippen molar-refractivity contribution in [2.24, 2.45) is 20.5 Å². The van der Waals surface area contributed by atoms with Crippen LogP contribution in [0.5, 0.6) is 11.5 Å². The number of aromatic amines is 2. The number of carbonyl (C=O) groups is 4. The minimum atomic E-state index is -1.39. The quantitative estimate of drug-likeness (QED) is 0.0185. The van der Waals surface area contributed by atoms with E-state index in [2.05, 4.69) is 71.6 Å². The predicted molar refractivity (Wildman–Crippen MR) is 273 cm³/mol. The van der Waals surface area contributed by atoms with Crippen LogP contribution in [0.25, 0.3) is 21.5 Å². The fourth-order valence-electron chi connectivity index (χ4n) is 6.96. The second kappa shape index (κ2) is 22.4. The normalized spacial score (nSPS) is 12.2. The molecule has 74 heavy (non-hydrogen) atoms. The molecular formula is C46H36N14O12S2. The van der Waals surface area contributed by atoms with Crippen molar-refractivity contribution in [1.29, 1.82) is 0 Å². The maximum Gasteiger partial charge on any atom is 0.373 e. The maximum absolute atomic E-state index is 12.7. The molecule has 0 aliphatic heterocycles. The van der Waals surface area contributed by atoms with E-state index in [4.69, 9.17) is 0 Å². The number of aromatic hydroxyl groups is 2. The fourth-order valence-corrected chi connectivity index (χ4v) is 9.27. The van der Waals surface area contributed by atoms with Gasteiger partial charge in [0.2, 0.25) is 23.8 Å². The highest BCUT2D eigenvalue weighted by atomic mass is 33.1. The number of aliphatic carboxylic acids is 2. The van der Waals surface area contributed by atoms with Gasteiger partial charge in [-0.1, -0.05) is 82.3 Å². The Morgan fingerprint density at radius 1 is 0.486 bits per heavy atom. The number of azo groups is 2. The fraction of sp³-hybridized carbons (Fsp3) is 0.0870. The van der Waals surface area contributed by atoms with Crippen molar-refractivity contribution in [3.8, 4) is 11.5 Å². The molecule has 28 heteroatoms. The first-order valence-corrected chi connectivity index (χ1v) is 23.8. The van der Waals surface area contributed by atoms with E-state index in [1.54, 1.807) is 60.7 Å². The van der Waals surface area contributed by atoms with Gasteiger partial charge in [0.05, 0.1) is 22.5 Å². The van der Waals surface area contributed by atoms with Crippen molar-refractivity contribution in [3.05, 3.63) is 141 Å². The van der Waals surface area contributed by atoms with Gasteiger partial charge in [0, 0.05) is 22.3 Å². The molecule has 2 unspecified atom stereocenters. The second-order valence-corrected chi connectivity index (χ2v) is 17.8. The number of rotatable bonds is 21. The van der Waals surface area contributed by atoms with E-state index in [0.29, 0.717) is 10.8 Å². The van der Waals surface area contributed by atoms with Gasteiger partial charge in [-0.05, 0) is 59.3 Å². The van der Waals surface area contributed by atoms with Crippen LogP contribution in [-0.2, 0) is 9.59 Å². The van der Waals surface area contributed by atoms with Gasteiger partial charge in [-0.3, -0.25) is 9.97 Å². The zero-order chi connectivity index (χ0) is 52.5. The van der Waals surface area contributed by atoms with Gasteiger partial charge in [-0.2, -0.15) is 19.9 Å². The van der Waals surface area contributed by atoms with Gasteiger partial charge in [0.15, 0.2) is 11.5 Å². The molecule has 6 aromatic carbocycles. The minimum Gasteiger partial charge on any atom is -0.505 e. The van der Waals surface area contributed by atoms with Crippen LogP contribution in [0.4, 0.5) is 57.9 Å². The van der Waals surface area contributed by atoms with Crippen molar-refractivity contribution in [1.82, 2.24) is 29.9 Å². The lowest BCUT2D eigenvalue weighted by Crippen LogP contribution is -2.34. The lowest BCUT2D eigenvalue weighted by atomic mass is 10.1. The average molecular weight is 1040 g/mol. The van der Waals surface area contributed by atoms with E-state index < -0.39 is 47.3 Å². The van der Waals surface area contributed by atoms with Gasteiger partial charge in [-0.25, -0.2) is 28.8 Å². The van der Waals surface area contributed by atoms with Gasteiger partial charge in [0.1, 0.15) is 34.8 Å². The molecule has 2 atom stereocenters. The number of aromatic carboxylic acids is 2. The van der Waals surface area contributed by atoms with Gasteiger partial charge >= 0.3 is 35.3 Å². The molecule has 2 heterocycles. The number of fused-ring (bicyclic) bond motifs is 2. The average Bonchev–Trinajstić information content (AvgIpc) is 3.36. The second-order valence-electron chi connectivity index (χ2n) is 15.3. The van der Waals surface area contributed by atoms with Crippen LogP contribution in [0, 0.1) is 0 Å². The highest BCUT2D eigenvalue weighted by molar-refractivity contribution is 8.76.